The fraction of sp³-hybridized carbons (Fsp3) is 0. The van der Waals surface area contributed by atoms with E-state index in [1.807, 2.05) is 0 Å². The van der Waals surface area contributed by atoms with Gasteiger partial charge >= 0.3 is 0 Å². The monoisotopic (exact) mass is 647 g/mol. The van der Waals surface area contributed by atoms with Crippen LogP contribution in [0.1, 0.15) is 34.3 Å². The summed E-state index contributed by atoms with van der Waals surface area (Å²) in [4.78, 5) is 0. The normalized spacial score (nSPS) is 18.8. The summed E-state index contributed by atoms with van der Waals surface area (Å²) in [6.45, 7) is 0. The minimum Gasteiger partial charge on any atom is -0.455 e. The Morgan fingerprint density at radius 2 is 0.918 bits per heavy atom. The van der Waals surface area contributed by atoms with E-state index in [0.29, 0.717) is 0 Å². The summed E-state index contributed by atoms with van der Waals surface area (Å²) in [5.74, 6) is -0.851. The summed E-state index contributed by atoms with van der Waals surface area (Å²) in [7, 11) is 0. The second-order valence-electron chi connectivity index (χ2n) is 10.9. The lowest BCUT2D eigenvalue weighted by Gasteiger charge is -2.18. The van der Waals surface area contributed by atoms with E-state index in [9.17, 15) is 13.7 Å². The Labute approximate surface area is 319 Å². The molecule has 0 N–H and O–H groups in total. The van der Waals surface area contributed by atoms with Crippen molar-refractivity contribution in [1.29, 1.82) is 0 Å². The number of benzene rings is 9. The van der Waals surface area contributed by atoms with Crippen molar-refractivity contribution in [3.05, 3.63) is 181 Å². The molecule has 0 bridgehead atoms. The molecule has 0 aliphatic heterocycles. The second kappa shape index (κ2) is 11.1. The highest BCUT2D eigenvalue weighted by Crippen LogP contribution is 2.52. The zero-order valence-electron chi connectivity index (χ0n) is 49.8. The van der Waals surface area contributed by atoms with Crippen molar-refractivity contribution >= 4 is 54.1 Å². The van der Waals surface area contributed by atoms with Gasteiger partial charge in [0.05, 0.1) is 34.3 Å². The Morgan fingerprint density at radius 3 is 1.61 bits per heavy atom. The Balaban J connectivity index is 1.66. The number of hydrogen-bond donors (Lipinski definition) is 0. The molecule has 0 spiro atoms. The van der Waals surface area contributed by atoms with Gasteiger partial charge in [0, 0.05) is 27.6 Å². The van der Waals surface area contributed by atoms with E-state index in [1.54, 1.807) is 18.2 Å². The maximum atomic E-state index is 9.99. The highest BCUT2D eigenvalue weighted by atomic mass is 16.3. The molecule has 10 aromatic rings. The van der Waals surface area contributed by atoms with Gasteiger partial charge in [0.25, 0.3) is 0 Å². The first-order valence-corrected chi connectivity index (χ1v) is 14.8. The quantitative estimate of drug-likeness (QED) is 0.137. The van der Waals surface area contributed by atoms with Crippen molar-refractivity contribution in [1.82, 2.24) is 0 Å². The molecular weight excluding hydrogens is 593 g/mol. The fourth-order valence-electron chi connectivity index (χ4n) is 6.31. The van der Waals surface area contributed by atoms with Crippen molar-refractivity contribution in [2.75, 3.05) is 0 Å². The summed E-state index contributed by atoms with van der Waals surface area (Å²) >= 11 is 0. The van der Waals surface area contributed by atoms with Crippen molar-refractivity contribution in [3.8, 4) is 44.7 Å². The SMILES string of the molecule is [2H]c1c([2H])c([2H])c(-c2c([2H])c([2H])c([2H])c3c(-c4c5c([2H])c([2H])c([2H])c([2H])c5c(-c5ccccc5)c5c([2H])c([2H])c([2H])c([2H])c45)c(-c4c([2H])c5c([2H])c([2H])c([2H])c([2H])c5c5c([2H])c([2H])c([2H])c([2H])c45)oc23)c([2H])c1[2H]. The lowest BCUT2D eigenvalue weighted by Crippen LogP contribution is -1.92. The van der Waals surface area contributed by atoms with E-state index >= 15 is 0 Å². The molecule has 1 nitrogen and oxygen atoms in total. The van der Waals surface area contributed by atoms with E-state index in [4.69, 9.17) is 25.0 Å². The summed E-state index contributed by atoms with van der Waals surface area (Å²) in [5, 5.41) is -4.92. The summed E-state index contributed by atoms with van der Waals surface area (Å²) in [6, 6.07) is -14.3. The van der Waals surface area contributed by atoms with Gasteiger partial charge in [-0.3, -0.25) is 0 Å². The number of rotatable bonds is 4. The van der Waals surface area contributed by atoms with Crippen LogP contribution in [0, 0.1) is 0 Å². The zero-order chi connectivity index (χ0) is 54.1. The number of hydrogen-bond acceptors (Lipinski definition) is 1. The first-order chi connectivity index (χ1) is 34.7. The van der Waals surface area contributed by atoms with Crippen molar-refractivity contribution < 1.29 is 38.7 Å². The third-order valence-corrected chi connectivity index (χ3v) is 8.30. The standard InChI is InChI=1S/C48H30O/c1-3-16-31(17-4-1)35-28-15-29-42-46(48(49-47(35)42)43-30-33-20-7-8-21-34(33)36-22-9-10-23-37(36)43)45-40-26-13-11-24-38(40)44(32-18-5-2-6-19-32)39-25-12-14-27-41(39)45/h1-30H/i1D,3D,4D,7D,8D,9D,10D,11D,12D,13D,14D,15D,16D,17D,20D,21D,22D,23D,24D,25D,26D,27D,28D,29D,30D. The van der Waals surface area contributed by atoms with Crippen LogP contribution in [-0.2, 0) is 0 Å². The van der Waals surface area contributed by atoms with E-state index in [0.717, 1.165) is 0 Å². The molecule has 10 rings (SSSR count). The zero-order valence-corrected chi connectivity index (χ0v) is 24.8. The average molecular weight is 648 g/mol. The van der Waals surface area contributed by atoms with Crippen LogP contribution in [0.4, 0.5) is 0 Å². The molecule has 0 amide bonds. The fourth-order valence-corrected chi connectivity index (χ4v) is 6.31. The lowest BCUT2D eigenvalue weighted by atomic mass is 9.84. The van der Waals surface area contributed by atoms with Crippen LogP contribution in [-0.4, -0.2) is 0 Å². The molecular formula is C48H30O. The molecule has 0 fully saturated rings. The van der Waals surface area contributed by atoms with Crippen LogP contribution < -0.4 is 0 Å². The third kappa shape index (κ3) is 4.26. The van der Waals surface area contributed by atoms with Crippen LogP contribution in [0.25, 0.3) is 98.8 Å². The predicted molar refractivity (Wildman–Crippen MR) is 208 cm³/mol. The third-order valence-electron chi connectivity index (χ3n) is 8.30. The molecule has 1 heteroatoms. The van der Waals surface area contributed by atoms with Gasteiger partial charge in [0.2, 0.25) is 0 Å². The van der Waals surface area contributed by atoms with Crippen LogP contribution >= 0.6 is 0 Å². The Morgan fingerprint density at radius 1 is 0.367 bits per heavy atom. The molecule has 228 valence electrons. The molecule has 0 unspecified atom stereocenters. The minimum atomic E-state index is -1.00. The smallest absolute Gasteiger partial charge is 0.143 e. The van der Waals surface area contributed by atoms with Gasteiger partial charge in [0.15, 0.2) is 0 Å². The van der Waals surface area contributed by atoms with E-state index in [1.165, 1.54) is 12.1 Å². The van der Waals surface area contributed by atoms with Crippen molar-refractivity contribution in [3.63, 3.8) is 0 Å². The molecule has 0 aliphatic carbocycles. The second-order valence-corrected chi connectivity index (χ2v) is 10.9. The van der Waals surface area contributed by atoms with Gasteiger partial charge in [-0.1, -0.05) is 175 Å². The number of fused-ring (bicyclic) bond motifs is 6. The molecule has 0 saturated heterocycles. The van der Waals surface area contributed by atoms with Gasteiger partial charge in [-0.2, -0.15) is 0 Å². The van der Waals surface area contributed by atoms with Crippen LogP contribution in [0.2, 0.25) is 0 Å². The van der Waals surface area contributed by atoms with Gasteiger partial charge in [-0.25, -0.2) is 0 Å². The predicted octanol–water partition coefficient (Wildman–Crippen LogP) is 13.7. The van der Waals surface area contributed by atoms with Gasteiger partial charge in [0.1, 0.15) is 11.3 Å². The van der Waals surface area contributed by atoms with Gasteiger partial charge in [-0.05, 0) is 65.8 Å². The van der Waals surface area contributed by atoms with Crippen molar-refractivity contribution in [2.45, 2.75) is 0 Å². The van der Waals surface area contributed by atoms with E-state index in [2.05, 4.69) is 0 Å². The summed E-state index contributed by atoms with van der Waals surface area (Å²) in [5.41, 5.74) is -4.26. The van der Waals surface area contributed by atoms with E-state index in [-0.39, 0.29) is 21.9 Å². The molecule has 9 aromatic carbocycles. The van der Waals surface area contributed by atoms with Crippen LogP contribution in [0.3, 0.4) is 0 Å². The average Bonchev–Trinajstić information content (AvgIpc) is 3.77. The van der Waals surface area contributed by atoms with E-state index < -0.39 is 228 Å². The van der Waals surface area contributed by atoms with Gasteiger partial charge < -0.3 is 4.42 Å². The lowest BCUT2D eigenvalue weighted by molar-refractivity contribution is 0.634. The Hall–Kier alpha value is -6.44. The van der Waals surface area contributed by atoms with Crippen LogP contribution in [0.5, 0.6) is 0 Å². The highest BCUT2D eigenvalue weighted by Gasteiger charge is 2.26. The minimum absolute atomic E-state index is 0.129. The summed E-state index contributed by atoms with van der Waals surface area (Å²) in [6.07, 6.45) is 0. The van der Waals surface area contributed by atoms with Gasteiger partial charge in [-0.15, -0.1) is 0 Å². The first-order valence-electron chi connectivity index (χ1n) is 27.3. The molecule has 1 heterocycles. The molecule has 49 heavy (non-hydrogen) atoms. The van der Waals surface area contributed by atoms with Crippen LogP contribution in [0.15, 0.2) is 186 Å². The molecule has 0 atom stereocenters. The first kappa shape index (κ1) is 12.5. The molecule has 0 radical (unpaired) electrons. The maximum absolute atomic E-state index is 9.99. The highest BCUT2D eigenvalue weighted by molar-refractivity contribution is 6.26. The summed E-state index contributed by atoms with van der Waals surface area (Å²) < 4.78 is 234. The molecule has 1 aromatic heterocycles. The topological polar surface area (TPSA) is 13.1 Å². The maximum Gasteiger partial charge on any atom is 0.143 e. The van der Waals surface area contributed by atoms with Crippen molar-refractivity contribution in [2.24, 2.45) is 0 Å². The molecule has 0 saturated carbocycles. The largest absolute Gasteiger partial charge is 0.455 e. The number of para-hydroxylation sites is 1. The molecule has 0 aliphatic rings. The number of furan rings is 1. The Kier molecular flexibility index (Phi) is 2.84. The Bertz CT molecular complexity index is 4190.